The second-order valence-corrected chi connectivity index (χ2v) is 11.0. The lowest BCUT2D eigenvalue weighted by atomic mass is 9.98. The van der Waals surface area contributed by atoms with Gasteiger partial charge in [0.05, 0.1) is 20.3 Å². The fourth-order valence-electron chi connectivity index (χ4n) is 5.03. The van der Waals surface area contributed by atoms with Crippen LogP contribution in [0.2, 0.25) is 0 Å². The summed E-state index contributed by atoms with van der Waals surface area (Å²) in [4.78, 5) is 2.42. The van der Waals surface area contributed by atoms with Gasteiger partial charge in [-0.25, -0.2) is 0 Å². The number of hydrogen-bond acceptors (Lipinski definition) is 3. The van der Waals surface area contributed by atoms with Crippen molar-refractivity contribution in [1.29, 1.82) is 0 Å². The highest BCUT2D eigenvalue weighted by atomic mass is 79.9. The zero-order valence-electron chi connectivity index (χ0n) is 24.2. The molecule has 5 aromatic carbocycles. The van der Waals surface area contributed by atoms with Gasteiger partial charge >= 0.3 is 0 Å². The van der Waals surface area contributed by atoms with Crippen molar-refractivity contribution in [2.45, 2.75) is 26.1 Å². The minimum absolute atomic E-state index is 0.172. The first-order chi connectivity index (χ1) is 20.6. The van der Waals surface area contributed by atoms with Crippen LogP contribution in [0.25, 0.3) is 11.1 Å². The van der Waals surface area contributed by atoms with Gasteiger partial charge in [0.25, 0.3) is 0 Å². The summed E-state index contributed by atoms with van der Waals surface area (Å²) in [6.07, 6.45) is 0. The SMILES string of the molecule is COc1cc(Br)c(CN(Cc2ccccc2)C(C#Cc2ccccc2-c2ccccc2)c2ccc(C)cc2)cc1OC. The maximum absolute atomic E-state index is 5.66. The molecule has 0 aliphatic carbocycles. The van der Waals surface area contributed by atoms with E-state index in [-0.39, 0.29) is 6.04 Å². The van der Waals surface area contributed by atoms with E-state index in [1.165, 1.54) is 11.1 Å². The van der Waals surface area contributed by atoms with E-state index >= 15 is 0 Å². The van der Waals surface area contributed by atoms with E-state index in [0.717, 1.165) is 38.8 Å². The normalized spacial score (nSPS) is 11.5. The Labute approximate surface area is 257 Å². The van der Waals surface area contributed by atoms with Crippen molar-refractivity contribution in [3.63, 3.8) is 0 Å². The molecule has 0 aromatic heterocycles. The molecule has 5 rings (SSSR count). The maximum Gasteiger partial charge on any atom is 0.161 e. The zero-order valence-corrected chi connectivity index (χ0v) is 25.8. The van der Waals surface area contributed by atoms with Gasteiger partial charge in [0, 0.05) is 23.1 Å². The molecule has 0 saturated carbocycles. The average molecular weight is 617 g/mol. The van der Waals surface area contributed by atoms with Crippen molar-refractivity contribution >= 4 is 15.9 Å². The largest absolute Gasteiger partial charge is 0.493 e. The van der Waals surface area contributed by atoms with Crippen molar-refractivity contribution in [3.8, 4) is 34.5 Å². The van der Waals surface area contributed by atoms with Crippen molar-refractivity contribution in [1.82, 2.24) is 4.90 Å². The Morgan fingerprint density at radius 1 is 0.714 bits per heavy atom. The second kappa shape index (κ2) is 14.0. The molecule has 0 amide bonds. The summed E-state index contributed by atoms with van der Waals surface area (Å²) < 4.78 is 12.2. The molecule has 0 N–H and O–H groups in total. The molecule has 0 radical (unpaired) electrons. The monoisotopic (exact) mass is 615 g/mol. The third-order valence-electron chi connectivity index (χ3n) is 7.27. The summed E-state index contributed by atoms with van der Waals surface area (Å²) in [5.41, 5.74) is 7.97. The van der Waals surface area contributed by atoms with E-state index in [9.17, 15) is 0 Å². The predicted octanol–water partition coefficient (Wildman–Crippen LogP) is 9.24. The third kappa shape index (κ3) is 7.12. The van der Waals surface area contributed by atoms with Crippen LogP contribution in [0.4, 0.5) is 0 Å². The molecule has 0 bridgehead atoms. The number of methoxy groups -OCH3 is 2. The molecule has 3 nitrogen and oxygen atoms in total. The van der Waals surface area contributed by atoms with Crippen LogP contribution in [-0.2, 0) is 13.1 Å². The second-order valence-electron chi connectivity index (χ2n) is 10.2. The minimum Gasteiger partial charge on any atom is -0.493 e. The first-order valence-corrected chi connectivity index (χ1v) is 14.8. The molecule has 0 heterocycles. The van der Waals surface area contributed by atoms with Crippen LogP contribution in [0.15, 0.2) is 126 Å². The molecule has 4 heteroatoms. The van der Waals surface area contributed by atoms with Crippen LogP contribution in [-0.4, -0.2) is 19.1 Å². The number of halogens is 1. The van der Waals surface area contributed by atoms with Crippen LogP contribution < -0.4 is 9.47 Å². The molecule has 0 saturated heterocycles. The highest BCUT2D eigenvalue weighted by Crippen LogP contribution is 2.36. The lowest BCUT2D eigenvalue weighted by Gasteiger charge is -2.30. The van der Waals surface area contributed by atoms with Crippen molar-refractivity contribution in [3.05, 3.63) is 154 Å². The smallest absolute Gasteiger partial charge is 0.161 e. The van der Waals surface area contributed by atoms with E-state index in [2.05, 4.69) is 143 Å². The summed E-state index contributed by atoms with van der Waals surface area (Å²) in [6, 6.07) is 41.9. The number of aryl methyl sites for hydroxylation is 1. The first-order valence-electron chi connectivity index (χ1n) is 14.0. The predicted molar refractivity (Wildman–Crippen MR) is 176 cm³/mol. The Hall–Kier alpha value is -4.30. The summed E-state index contributed by atoms with van der Waals surface area (Å²) in [5.74, 6) is 8.67. The Balaban J connectivity index is 1.62. The van der Waals surface area contributed by atoms with E-state index in [0.29, 0.717) is 18.0 Å². The molecular formula is C38H34BrNO2. The van der Waals surface area contributed by atoms with Crippen LogP contribution in [0.1, 0.15) is 33.9 Å². The van der Waals surface area contributed by atoms with E-state index in [4.69, 9.17) is 9.47 Å². The number of nitrogens with zero attached hydrogens (tertiary/aromatic N) is 1. The fraction of sp³-hybridized carbons (Fsp3) is 0.158. The Kier molecular flexibility index (Phi) is 9.77. The number of rotatable bonds is 9. The molecule has 0 fully saturated rings. The van der Waals surface area contributed by atoms with Crippen LogP contribution in [0.5, 0.6) is 11.5 Å². The van der Waals surface area contributed by atoms with Crippen molar-refractivity contribution in [2.24, 2.45) is 0 Å². The van der Waals surface area contributed by atoms with Crippen molar-refractivity contribution in [2.75, 3.05) is 14.2 Å². The molecule has 1 atom stereocenters. The van der Waals surface area contributed by atoms with E-state index in [1.807, 2.05) is 18.2 Å². The van der Waals surface area contributed by atoms with Crippen LogP contribution in [0.3, 0.4) is 0 Å². The van der Waals surface area contributed by atoms with Gasteiger partial charge in [0.2, 0.25) is 0 Å². The zero-order chi connectivity index (χ0) is 29.3. The molecule has 5 aromatic rings. The summed E-state index contributed by atoms with van der Waals surface area (Å²) in [7, 11) is 3.32. The van der Waals surface area contributed by atoms with Gasteiger partial charge in [-0.2, -0.15) is 0 Å². The summed E-state index contributed by atoms with van der Waals surface area (Å²) in [5, 5.41) is 0. The highest BCUT2D eigenvalue weighted by molar-refractivity contribution is 9.10. The van der Waals surface area contributed by atoms with Gasteiger partial charge in [-0.3, -0.25) is 4.90 Å². The Morgan fingerprint density at radius 3 is 2.02 bits per heavy atom. The lowest BCUT2D eigenvalue weighted by Crippen LogP contribution is -2.27. The molecule has 210 valence electrons. The van der Waals surface area contributed by atoms with Gasteiger partial charge in [-0.1, -0.05) is 136 Å². The minimum atomic E-state index is -0.172. The number of ether oxygens (including phenoxy) is 2. The quantitative estimate of drug-likeness (QED) is 0.154. The molecule has 0 spiro atoms. The molecule has 0 aliphatic rings. The van der Waals surface area contributed by atoms with Crippen LogP contribution >= 0.6 is 15.9 Å². The number of hydrogen-bond donors (Lipinski definition) is 0. The van der Waals surface area contributed by atoms with E-state index in [1.54, 1.807) is 14.2 Å². The summed E-state index contributed by atoms with van der Waals surface area (Å²) in [6.45, 7) is 3.47. The van der Waals surface area contributed by atoms with E-state index < -0.39 is 0 Å². The van der Waals surface area contributed by atoms with Gasteiger partial charge in [0.1, 0.15) is 0 Å². The van der Waals surface area contributed by atoms with Gasteiger partial charge < -0.3 is 9.47 Å². The highest BCUT2D eigenvalue weighted by Gasteiger charge is 2.22. The first kappa shape index (κ1) is 29.2. The Bertz CT molecular complexity index is 1670. The standard InChI is InChI=1S/C38H34BrNO2/c1-28-18-20-32(21-19-28)36(23-22-31-16-10-11-17-34(31)30-14-8-5-9-15-30)40(26-29-12-6-4-7-13-29)27-33-24-37(41-2)38(42-3)25-35(33)39/h4-21,24-25,36H,26-27H2,1-3H3. The van der Waals surface area contributed by atoms with Crippen LogP contribution in [0, 0.1) is 18.8 Å². The molecule has 0 aliphatic heterocycles. The fourth-order valence-corrected chi connectivity index (χ4v) is 5.48. The van der Waals surface area contributed by atoms with Gasteiger partial charge in [-0.05, 0) is 52.9 Å². The van der Waals surface area contributed by atoms with Gasteiger partial charge in [-0.15, -0.1) is 0 Å². The topological polar surface area (TPSA) is 21.7 Å². The maximum atomic E-state index is 5.66. The van der Waals surface area contributed by atoms with Gasteiger partial charge in [0.15, 0.2) is 11.5 Å². The third-order valence-corrected chi connectivity index (χ3v) is 8.01. The number of benzene rings is 5. The Morgan fingerprint density at radius 2 is 1.33 bits per heavy atom. The lowest BCUT2D eigenvalue weighted by molar-refractivity contribution is 0.218. The molecule has 1 unspecified atom stereocenters. The molecule has 42 heavy (non-hydrogen) atoms. The average Bonchev–Trinajstić information content (AvgIpc) is 3.03. The summed E-state index contributed by atoms with van der Waals surface area (Å²) >= 11 is 3.79. The van der Waals surface area contributed by atoms with Crippen molar-refractivity contribution < 1.29 is 9.47 Å². The molecular weight excluding hydrogens is 582 g/mol.